The SMILES string of the molecule is CCCn1nnc(C=O)c1Cc1ccc(OC)cc1. The zero-order chi connectivity index (χ0) is 13.7. The van der Waals surface area contributed by atoms with Crippen molar-refractivity contribution in [3.8, 4) is 5.75 Å². The van der Waals surface area contributed by atoms with Crippen molar-refractivity contribution < 1.29 is 9.53 Å². The Morgan fingerprint density at radius 1 is 1.32 bits per heavy atom. The van der Waals surface area contributed by atoms with Gasteiger partial charge in [0.2, 0.25) is 0 Å². The maximum Gasteiger partial charge on any atom is 0.172 e. The smallest absolute Gasteiger partial charge is 0.172 e. The summed E-state index contributed by atoms with van der Waals surface area (Å²) >= 11 is 0. The predicted molar refractivity (Wildman–Crippen MR) is 71.5 cm³/mol. The van der Waals surface area contributed by atoms with Crippen molar-refractivity contribution >= 4 is 6.29 Å². The Hall–Kier alpha value is -2.17. The first-order valence-corrected chi connectivity index (χ1v) is 6.29. The number of rotatable bonds is 6. The first kappa shape index (κ1) is 13.3. The van der Waals surface area contributed by atoms with E-state index in [-0.39, 0.29) is 0 Å². The molecule has 1 heterocycles. The summed E-state index contributed by atoms with van der Waals surface area (Å²) < 4.78 is 6.93. The molecule has 5 heteroatoms. The number of benzene rings is 1. The molecule has 0 saturated heterocycles. The Kier molecular flexibility index (Phi) is 4.28. The highest BCUT2D eigenvalue weighted by Gasteiger charge is 2.12. The fourth-order valence-electron chi connectivity index (χ4n) is 1.95. The first-order valence-electron chi connectivity index (χ1n) is 6.29. The molecule has 2 rings (SSSR count). The van der Waals surface area contributed by atoms with E-state index in [0.717, 1.165) is 36.3 Å². The minimum absolute atomic E-state index is 0.421. The van der Waals surface area contributed by atoms with Crippen LogP contribution in [0.5, 0.6) is 5.75 Å². The van der Waals surface area contributed by atoms with Gasteiger partial charge in [-0.05, 0) is 24.1 Å². The van der Waals surface area contributed by atoms with Gasteiger partial charge in [0.1, 0.15) is 11.4 Å². The average Bonchev–Trinajstić information content (AvgIpc) is 2.82. The summed E-state index contributed by atoms with van der Waals surface area (Å²) in [7, 11) is 1.64. The van der Waals surface area contributed by atoms with E-state index in [4.69, 9.17) is 4.74 Å². The second-order valence-electron chi connectivity index (χ2n) is 4.29. The molecule has 0 spiro atoms. The number of nitrogens with zero attached hydrogens (tertiary/aromatic N) is 3. The number of methoxy groups -OCH3 is 1. The van der Waals surface area contributed by atoms with Gasteiger partial charge in [-0.15, -0.1) is 5.10 Å². The summed E-state index contributed by atoms with van der Waals surface area (Å²) in [6, 6.07) is 7.78. The minimum atomic E-state index is 0.421. The van der Waals surface area contributed by atoms with Crippen LogP contribution in [0.15, 0.2) is 24.3 Å². The predicted octanol–water partition coefficient (Wildman–Crippen LogP) is 2.10. The topological polar surface area (TPSA) is 57.0 Å². The summed E-state index contributed by atoms with van der Waals surface area (Å²) in [6.45, 7) is 2.84. The highest BCUT2D eigenvalue weighted by Crippen LogP contribution is 2.16. The number of hydrogen-bond donors (Lipinski definition) is 0. The van der Waals surface area contributed by atoms with E-state index in [1.807, 2.05) is 24.3 Å². The Morgan fingerprint density at radius 3 is 2.63 bits per heavy atom. The highest BCUT2D eigenvalue weighted by atomic mass is 16.5. The molecule has 0 atom stereocenters. The van der Waals surface area contributed by atoms with Crippen molar-refractivity contribution in [2.24, 2.45) is 0 Å². The standard InChI is InChI=1S/C14H17N3O2/c1-3-8-17-14(13(10-18)15-16-17)9-11-4-6-12(19-2)7-5-11/h4-7,10H,3,8-9H2,1-2H3. The van der Waals surface area contributed by atoms with Crippen LogP contribution in [-0.4, -0.2) is 28.4 Å². The van der Waals surface area contributed by atoms with Crippen molar-refractivity contribution in [2.45, 2.75) is 26.3 Å². The lowest BCUT2D eigenvalue weighted by molar-refractivity contribution is 0.111. The summed E-state index contributed by atoms with van der Waals surface area (Å²) in [6.07, 6.45) is 2.36. The molecule has 1 aromatic heterocycles. The van der Waals surface area contributed by atoms with Crippen molar-refractivity contribution in [3.05, 3.63) is 41.2 Å². The van der Waals surface area contributed by atoms with Gasteiger partial charge in [-0.25, -0.2) is 4.68 Å². The van der Waals surface area contributed by atoms with Gasteiger partial charge in [0.25, 0.3) is 0 Å². The number of aromatic nitrogens is 3. The zero-order valence-corrected chi connectivity index (χ0v) is 11.2. The molecule has 0 aliphatic rings. The maximum absolute atomic E-state index is 11.0. The molecule has 0 unspecified atom stereocenters. The molecule has 0 N–H and O–H groups in total. The van der Waals surface area contributed by atoms with Gasteiger partial charge >= 0.3 is 0 Å². The molecule has 0 aliphatic heterocycles. The summed E-state index contributed by atoms with van der Waals surface area (Å²) in [5, 5.41) is 7.92. The van der Waals surface area contributed by atoms with Gasteiger partial charge in [0.15, 0.2) is 6.29 Å². The van der Waals surface area contributed by atoms with Crippen molar-refractivity contribution in [1.82, 2.24) is 15.0 Å². The Labute approximate surface area is 112 Å². The fourth-order valence-corrected chi connectivity index (χ4v) is 1.95. The van der Waals surface area contributed by atoms with Crippen LogP contribution in [0.2, 0.25) is 0 Å². The molecule has 5 nitrogen and oxygen atoms in total. The van der Waals surface area contributed by atoms with Crippen molar-refractivity contribution in [2.75, 3.05) is 7.11 Å². The van der Waals surface area contributed by atoms with E-state index >= 15 is 0 Å². The van der Waals surface area contributed by atoms with Gasteiger partial charge in [0.05, 0.1) is 12.8 Å². The van der Waals surface area contributed by atoms with Crippen molar-refractivity contribution in [3.63, 3.8) is 0 Å². The van der Waals surface area contributed by atoms with Crippen LogP contribution in [0.25, 0.3) is 0 Å². The Bertz CT molecular complexity index is 546. The molecule has 2 aromatic rings. The molecule has 0 fully saturated rings. The quantitative estimate of drug-likeness (QED) is 0.745. The highest BCUT2D eigenvalue weighted by molar-refractivity contribution is 5.73. The van der Waals surface area contributed by atoms with Crippen LogP contribution >= 0.6 is 0 Å². The number of carbonyl (C=O) groups excluding carboxylic acids is 1. The van der Waals surface area contributed by atoms with Crippen LogP contribution in [0.4, 0.5) is 0 Å². The molecule has 19 heavy (non-hydrogen) atoms. The second-order valence-corrected chi connectivity index (χ2v) is 4.29. The van der Waals surface area contributed by atoms with Gasteiger partial charge in [-0.1, -0.05) is 24.3 Å². The first-order chi connectivity index (χ1) is 9.28. The molecule has 1 aromatic carbocycles. The fraction of sp³-hybridized carbons (Fsp3) is 0.357. The molecule has 100 valence electrons. The van der Waals surface area contributed by atoms with Crippen LogP contribution in [0.3, 0.4) is 0 Å². The molecular weight excluding hydrogens is 242 g/mol. The summed E-state index contributed by atoms with van der Waals surface area (Å²) in [5.74, 6) is 0.819. The van der Waals surface area contributed by atoms with Crippen LogP contribution in [0, 0.1) is 0 Å². The van der Waals surface area contributed by atoms with Crippen LogP contribution in [0.1, 0.15) is 35.1 Å². The third-order valence-electron chi connectivity index (χ3n) is 2.95. The molecule has 0 aliphatic carbocycles. The number of ether oxygens (including phenoxy) is 1. The summed E-state index contributed by atoms with van der Waals surface area (Å²) in [4.78, 5) is 11.0. The lowest BCUT2D eigenvalue weighted by Crippen LogP contribution is -2.06. The molecular formula is C14H17N3O2. The molecule has 0 radical (unpaired) electrons. The van der Waals surface area contributed by atoms with Crippen molar-refractivity contribution in [1.29, 1.82) is 0 Å². The lowest BCUT2D eigenvalue weighted by atomic mass is 10.1. The third kappa shape index (κ3) is 2.99. The molecule has 0 amide bonds. The number of carbonyl (C=O) groups is 1. The molecule has 0 saturated carbocycles. The van der Waals surface area contributed by atoms with E-state index in [9.17, 15) is 4.79 Å². The number of hydrogen-bond acceptors (Lipinski definition) is 4. The normalized spacial score (nSPS) is 10.4. The average molecular weight is 259 g/mol. The summed E-state index contributed by atoms with van der Waals surface area (Å²) in [5.41, 5.74) is 2.38. The van der Waals surface area contributed by atoms with Gasteiger partial charge in [-0.2, -0.15) is 0 Å². The maximum atomic E-state index is 11.0. The molecule has 0 bridgehead atoms. The zero-order valence-electron chi connectivity index (χ0n) is 11.2. The van der Waals surface area contributed by atoms with Gasteiger partial charge in [0, 0.05) is 13.0 Å². The number of aldehydes is 1. The monoisotopic (exact) mass is 259 g/mol. The van der Waals surface area contributed by atoms with Gasteiger partial charge in [-0.3, -0.25) is 4.79 Å². The Morgan fingerprint density at radius 2 is 2.05 bits per heavy atom. The number of aryl methyl sites for hydroxylation is 1. The van der Waals surface area contributed by atoms with E-state index in [1.165, 1.54) is 0 Å². The third-order valence-corrected chi connectivity index (χ3v) is 2.95. The van der Waals surface area contributed by atoms with E-state index in [1.54, 1.807) is 11.8 Å². The Balaban J connectivity index is 2.25. The lowest BCUT2D eigenvalue weighted by Gasteiger charge is -2.06. The van der Waals surface area contributed by atoms with E-state index in [2.05, 4.69) is 17.2 Å². The van der Waals surface area contributed by atoms with E-state index in [0.29, 0.717) is 12.1 Å². The second kappa shape index (κ2) is 6.13. The van der Waals surface area contributed by atoms with Gasteiger partial charge < -0.3 is 4.74 Å². The van der Waals surface area contributed by atoms with E-state index < -0.39 is 0 Å². The minimum Gasteiger partial charge on any atom is -0.497 e. The van der Waals surface area contributed by atoms with Crippen LogP contribution in [-0.2, 0) is 13.0 Å². The largest absolute Gasteiger partial charge is 0.497 e. The van der Waals surface area contributed by atoms with Crippen LogP contribution < -0.4 is 4.74 Å².